The lowest BCUT2D eigenvalue weighted by Gasteiger charge is -2.09. The van der Waals surface area contributed by atoms with Gasteiger partial charge in [-0.25, -0.2) is 4.39 Å². The fourth-order valence-corrected chi connectivity index (χ4v) is 3.04. The van der Waals surface area contributed by atoms with Crippen molar-refractivity contribution in [1.29, 1.82) is 0 Å². The number of hydrogen-bond acceptors (Lipinski definition) is 6. The number of carbonyl (C=O) groups is 3. The zero-order chi connectivity index (χ0) is 24.6. The molecule has 0 atom stereocenters. The van der Waals surface area contributed by atoms with E-state index in [4.69, 9.17) is 0 Å². The number of aromatic nitrogens is 4. The third kappa shape index (κ3) is 6.32. The summed E-state index contributed by atoms with van der Waals surface area (Å²) in [6, 6.07) is 21.1. The summed E-state index contributed by atoms with van der Waals surface area (Å²) in [5, 5.41) is 14.8. The van der Waals surface area contributed by atoms with Gasteiger partial charge in [0.15, 0.2) is 0 Å². The lowest BCUT2D eigenvalue weighted by Crippen LogP contribution is -2.46. The molecule has 0 saturated carbocycles. The van der Waals surface area contributed by atoms with Crippen LogP contribution in [0.3, 0.4) is 0 Å². The molecular weight excluding hydrogens is 453 g/mol. The van der Waals surface area contributed by atoms with Gasteiger partial charge in [-0.05, 0) is 47.2 Å². The highest BCUT2D eigenvalue weighted by atomic mass is 19.1. The third-order valence-electron chi connectivity index (χ3n) is 4.86. The van der Waals surface area contributed by atoms with Crippen LogP contribution in [0.4, 0.5) is 4.39 Å². The number of nitrogens with one attached hydrogen (secondary N) is 3. The average Bonchev–Trinajstić information content (AvgIpc) is 3.35. The van der Waals surface area contributed by atoms with Crippen LogP contribution in [0.5, 0.6) is 0 Å². The van der Waals surface area contributed by atoms with Crippen LogP contribution < -0.4 is 16.2 Å². The number of hydrogen-bond donors (Lipinski definition) is 3. The van der Waals surface area contributed by atoms with Crippen LogP contribution in [0, 0.1) is 5.82 Å². The maximum Gasteiger partial charge on any atom is 0.269 e. The van der Waals surface area contributed by atoms with Crippen molar-refractivity contribution in [3.8, 4) is 11.4 Å². The molecule has 35 heavy (non-hydrogen) atoms. The third-order valence-corrected chi connectivity index (χ3v) is 4.86. The van der Waals surface area contributed by atoms with Gasteiger partial charge in [-0.1, -0.05) is 42.5 Å². The Morgan fingerprint density at radius 1 is 0.800 bits per heavy atom. The van der Waals surface area contributed by atoms with Crippen molar-refractivity contribution in [2.24, 2.45) is 0 Å². The first-order valence-corrected chi connectivity index (χ1v) is 10.5. The minimum Gasteiger partial charge on any atom is -0.343 e. The molecule has 0 spiro atoms. The van der Waals surface area contributed by atoms with E-state index in [0.717, 1.165) is 23.3 Å². The topological polar surface area (TPSA) is 131 Å². The van der Waals surface area contributed by atoms with Gasteiger partial charge in [0.05, 0.1) is 13.1 Å². The molecule has 176 valence electrons. The van der Waals surface area contributed by atoms with E-state index in [1.165, 1.54) is 16.9 Å². The van der Waals surface area contributed by atoms with E-state index in [1.54, 1.807) is 24.3 Å². The first-order valence-electron chi connectivity index (χ1n) is 10.5. The molecule has 3 aromatic carbocycles. The Hall–Kier alpha value is -4.93. The Kier molecular flexibility index (Phi) is 7.16. The smallest absolute Gasteiger partial charge is 0.269 e. The van der Waals surface area contributed by atoms with Gasteiger partial charge in [0.1, 0.15) is 5.82 Å². The summed E-state index contributed by atoms with van der Waals surface area (Å²) in [7, 11) is 0. The summed E-state index contributed by atoms with van der Waals surface area (Å²) in [4.78, 5) is 37.6. The molecule has 10 nitrogen and oxygen atoms in total. The van der Waals surface area contributed by atoms with Gasteiger partial charge in [0.25, 0.3) is 17.7 Å². The largest absolute Gasteiger partial charge is 0.343 e. The molecule has 3 amide bonds. The zero-order valence-corrected chi connectivity index (χ0v) is 18.3. The minimum atomic E-state index is -0.628. The van der Waals surface area contributed by atoms with Gasteiger partial charge in [-0.3, -0.25) is 25.2 Å². The molecule has 1 heterocycles. The van der Waals surface area contributed by atoms with Crippen LogP contribution in [0.25, 0.3) is 11.4 Å². The number of carbonyl (C=O) groups excluding carboxylic acids is 3. The quantitative estimate of drug-likeness (QED) is 0.350. The van der Waals surface area contributed by atoms with Crippen LogP contribution in [0.1, 0.15) is 26.3 Å². The van der Waals surface area contributed by atoms with E-state index in [0.29, 0.717) is 17.9 Å². The molecule has 4 rings (SSSR count). The summed E-state index contributed by atoms with van der Waals surface area (Å²) in [6.45, 7) is -0.00246. The molecule has 0 fully saturated rings. The van der Waals surface area contributed by atoms with E-state index < -0.39 is 23.5 Å². The molecule has 0 aliphatic carbocycles. The number of tetrazole rings is 1. The molecule has 11 heteroatoms. The number of nitrogens with zero attached hydrogens (tertiary/aromatic N) is 4. The molecule has 0 radical (unpaired) electrons. The van der Waals surface area contributed by atoms with Gasteiger partial charge >= 0.3 is 0 Å². The van der Waals surface area contributed by atoms with E-state index in [-0.39, 0.29) is 12.1 Å². The molecule has 0 unspecified atom stereocenters. The van der Waals surface area contributed by atoms with E-state index >= 15 is 0 Å². The average molecular weight is 473 g/mol. The molecule has 0 bridgehead atoms. The van der Waals surface area contributed by atoms with Gasteiger partial charge in [-0.2, -0.15) is 4.80 Å². The predicted octanol–water partition coefficient (Wildman–Crippen LogP) is 1.72. The number of rotatable bonds is 7. The lowest BCUT2D eigenvalue weighted by molar-refractivity contribution is -0.120. The number of benzene rings is 3. The fourth-order valence-electron chi connectivity index (χ4n) is 3.04. The van der Waals surface area contributed by atoms with Crippen LogP contribution in [-0.2, 0) is 11.3 Å². The first-order chi connectivity index (χ1) is 17.0. The zero-order valence-electron chi connectivity index (χ0n) is 18.3. The molecule has 3 N–H and O–H groups in total. The van der Waals surface area contributed by atoms with E-state index in [1.807, 2.05) is 30.3 Å². The van der Waals surface area contributed by atoms with Crippen molar-refractivity contribution < 1.29 is 18.8 Å². The Bertz CT molecular complexity index is 1320. The van der Waals surface area contributed by atoms with Gasteiger partial charge in [0, 0.05) is 16.7 Å². The van der Waals surface area contributed by atoms with Crippen molar-refractivity contribution in [2.75, 3.05) is 6.54 Å². The summed E-state index contributed by atoms with van der Waals surface area (Å²) >= 11 is 0. The summed E-state index contributed by atoms with van der Waals surface area (Å²) in [5.74, 6) is -1.65. The highest BCUT2D eigenvalue weighted by molar-refractivity contribution is 5.98. The molecule has 0 aliphatic heterocycles. The fraction of sp³-hybridized carbons (Fsp3) is 0.0833. The Morgan fingerprint density at radius 3 is 2.17 bits per heavy atom. The van der Waals surface area contributed by atoms with Gasteiger partial charge < -0.3 is 5.32 Å². The predicted molar refractivity (Wildman–Crippen MR) is 123 cm³/mol. The second-order valence-electron chi connectivity index (χ2n) is 7.40. The molecule has 1 aromatic heterocycles. The standard InChI is InChI=1S/C24H20FN7O3/c25-20-12-10-18(11-13-20)23(34)26-14-21(33)27-29-24(35)19-8-6-16(7-9-19)15-32-30-22(28-31-32)17-4-2-1-3-5-17/h1-13H,14-15H2,(H,26,34)(H,27,33)(H,29,35). The number of amides is 3. The van der Waals surface area contributed by atoms with Crippen LogP contribution in [-0.4, -0.2) is 44.5 Å². The van der Waals surface area contributed by atoms with Crippen molar-refractivity contribution in [3.05, 3.63) is 101 Å². The highest BCUT2D eigenvalue weighted by Crippen LogP contribution is 2.12. The second kappa shape index (κ2) is 10.8. The van der Waals surface area contributed by atoms with Crippen LogP contribution in [0.15, 0.2) is 78.9 Å². The first kappa shape index (κ1) is 23.2. The van der Waals surface area contributed by atoms with E-state index in [9.17, 15) is 18.8 Å². The molecular formula is C24H20FN7O3. The van der Waals surface area contributed by atoms with Gasteiger partial charge in [0.2, 0.25) is 5.82 Å². The van der Waals surface area contributed by atoms with E-state index in [2.05, 4.69) is 31.6 Å². The second-order valence-corrected chi connectivity index (χ2v) is 7.40. The lowest BCUT2D eigenvalue weighted by atomic mass is 10.1. The van der Waals surface area contributed by atoms with Crippen molar-refractivity contribution in [1.82, 2.24) is 36.4 Å². The van der Waals surface area contributed by atoms with Crippen molar-refractivity contribution in [3.63, 3.8) is 0 Å². The Labute approximate surface area is 199 Å². The Morgan fingerprint density at radius 2 is 1.46 bits per heavy atom. The number of halogens is 1. The van der Waals surface area contributed by atoms with Crippen molar-refractivity contribution in [2.45, 2.75) is 6.54 Å². The normalized spacial score (nSPS) is 10.4. The molecule has 4 aromatic rings. The summed E-state index contributed by atoms with van der Waals surface area (Å²) < 4.78 is 12.9. The maximum absolute atomic E-state index is 12.9. The Balaban J connectivity index is 1.23. The summed E-state index contributed by atoms with van der Waals surface area (Å²) in [6.07, 6.45) is 0. The highest BCUT2D eigenvalue weighted by Gasteiger charge is 2.11. The van der Waals surface area contributed by atoms with Crippen LogP contribution in [0.2, 0.25) is 0 Å². The van der Waals surface area contributed by atoms with Gasteiger partial charge in [-0.15, -0.1) is 10.2 Å². The summed E-state index contributed by atoms with van der Waals surface area (Å²) in [5.41, 5.74) is 6.75. The molecule has 0 aliphatic rings. The number of hydrazine groups is 1. The molecule has 0 saturated heterocycles. The minimum absolute atomic E-state index is 0.209. The van der Waals surface area contributed by atoms with Crippen molar-refractivity contribution >= 4 is 17.7 Å². The SMILES string of the molecule is O=C(CNC(=O)c1ccc(F)cc1)NNC(=O)c1ccc(Cn2nnc(-c3ccccc3)n2)cc1. The van der Waals surface area contributed by atoms with Crippen LogP contribution >= 0.6 is 0 Å². The monoisotopic (exact) mass is 473 g/mol. The maximum atomic E-state index is 12.9.